The number of rotatable bonds is 12. The molecule has 2 N–H and O–H groups in total. The molecule has 0 aromatic carbocycles. The van der Waals surface area contributed by atoms with Crippen molar-refractivity contribution in [1.82, 2.24) is 4.90 Å². The van der Waals surface area contributed by atoms with Gasteiger partial charge in [-0.25, -0.2) is 4.79 Å². The van der Waals surface area contributed by atoms with E-state index >= 15 is 0 Å². The van der Waals surface area contributed by atoms with Gasteiger partial charge in [0.2, 0.25) is 0 Å². The average Bonchev–Trinajstić information content (AvgIpc) is 2.61. The van der Waals surface area contributed by atoms with Crippen molar-refractivity contribution in [2.45, 2.75) is 64.9 Å². The lowest BCUT2D eigenvalue weighted by Crippen LogP contribution is -2.41. The lowest BCUT2D eigenvalue weighted by Gasteiger charge is -2.33. The number of ether oxygens (including phenoxy) is 3. The maximum atomic E-state index is 12.1. The van der Waals surface area contributed by atoms with Crippen molar-refractivity contribution < 1.29 is 23.8 Å². The first-order valence-corrected chi connectivity index (χ1v) is 10.2. The molecule has 7 heteroatoms. The summed E-state index contributed by atoms with van der Waals surface area (Å²) < 4.78 is 16.0. The number of nitrogens with zero attached hydrogens (tertiary/aromatic N) is 1. The van der Waals surface area contributed by atoms with Crippen LogP contribution in [0.5, 0.6) is 0 Å². The Morgan fingerprint density at radius 1 is 1.00 bits per heavy atom. The number of amides is 1. The number of hydrogen-bond donors (Lipinski definition) is 1. The van der Waals surface area contributed by atoms with Gasteiger partial charge in [0, 0.05) is 39.1 Å². The third-order valence-electron chi connectivity index (χ3n) is 4.48. The Morgan fingerprint density at radius 2 is 1.63 bits per heavy atom. The van der Waals surface area contributed by atoms with Crippen LogP contribution in [-0.2, 0) is 19.0 Å². The molecule has 7 nitrogen and oxygen atoms in total. The largest absolute Gasteiger partial charge is 0.444 e. The molecule has 1 amide bonds. The van der Waals surface area contributed by atoms with Crippen LogP contribution in [-0.4, -0.2) is 68.4 Å². The molecule has 0 aromatic rings. The summed E-state index contributed by atoms with van der Waals surface area (Å²) in [6.45, 7) is 9.83. The van der Waals surface area contributed by atoms with Gasteiger partial charge >= 0.3 is 6.09 Å². The molecule has 1 fully saturated rings. The lowest BCUT2D eigenvalue weighted by atomic mass is 9.91. The predicted molar refractivity (Wildman–Crippen MR) is 105 cm³/mol. The summed E-state index contributed by atoms with van der Waals surface area (Å²) in [5, 5.41) is 0. The molecule has 1 rings (SSSR count). The van der Waals surface area contributed by atoms with Crippen molar-refractivity contribution in [3.8, 4) is 0 Å². The van der Waals surface area contributed by atoms with Gasteiger partial charge in [-0.2, -0.15) is 0 Å². The number of carbonyl (C=O) groups is 2. The summed E-state index contributed by atoms with van der Waals surface area (Å²) in [5.74, 6) is 0.816. The van der Waals surface area contributed by atoms with E-state index in [1.807, 2.05) is 20.8 Å². The zero-order chi connectivity index (χ0) is 20.1. The standard InChI is InChI=1S/C20H38N2O5/c1-20(2,3)27-19(24)22-11-8-17(9-12-22)6-7-18(23)5-4-13-25-15-16-26-14-10-21/h17H,4-16,21H2,1-3H3. The van der Waals surface area contributed by atoms with E-state index in [2.05, 4.69) is 0 Å². The smallest absolute Gasteiger partial charge is 0.410 e. The monoisotopic (exact) mass is 386 g/mol. The van der Waals surface area contributed by atoms with E-state index in [0.29, 0.717) is 70.6 Å². The first-order valence-electron chi connectivity index (χ1n) is 10.2. The Balaban J connectivity index is 2.04. The number of ketones is 1. The third-order valence-corrected chi connectivity index (χ3v) is 4.48. The molecule has 0 radical (unpaired) electrons. The van der Waals surface area contributed by atoms with Crippen molar-refractivity contribution in [2.75, 3.05) is 46.1 Å². The van der Waals surface area contributed by atoms with Crippen molar-refractivity contribution in [3.63, 3.8) is 0 Å². The molecule has 0 unspecified atom stereocenters. The van der Waals surface area contributed by atoms with Crippen molar-refractivity contribution in [2.24, 2.45) is 11.7 Å². The summed E-state index contributed by atoms with van der Waals surface area (Å²) in [5.41, 5.74) is 4.87. The molecule has 0 spiro atoms. The van der Waals surface area contributed by atoms with Gasteiger partial charge in [0.05, 0.1) is 19.8 Å². The number of piperidine rings is 1. The number of likely N-dealkylation sites (tertiary alicyclic amines) is 1. The van der Waals surface area contributed by atoms with Gasteiger partial charge < -0.3 is 24.8 Å². The first-order chi connectivity index (χ1) is 12.8. The zero-order valence-electron chi connectivity index (χ0n) is 17.3. The molecule has 1 heterocycles. The van der Waals surface area contributed by atoms with Crippen LogP contribution in [0.3, 0.4) is 0 Å². The van der Waals surface area contributed by atoms with Crippen LogP contribution in [0, 0.1) is 5.92 Å². The Bertz CT molecular complexity index is 429. The highest BCUT2D eigenvalue weighted by molar-refractivity contribution is 5.78. The fourth-order valence-electron chi connectivity index (χ4n) is 3.00. The van der Waals surface area contributed by atoms with Crippen LogP contribution in [0.1, 0.15) is 59.3 Å². The minimum Gasteiger partial charge on any atom is -0.444 e. The molecule has 0 aliphatic carbocycles. The topological polar surface area (TPSA) is 91.1 Å². The Kier molecular flexibility index (Phi) is 11.6. The van der Waals surface area contributed by atoms with E-state index in [4.69, 9.17) is 19.9 Å². The van der Waals surface area contributed by atoms with Crippen LogP contribution < -0.4 is 5.73 Å². The highest BCUT2D eigenvalue weighted by atomic mass is 16.6. The predicted octanol–water partition coefficient (Wildman–Crippen LogP) is 2.75. The summed E-state index contributed by atoms with van der Waals surface area (Å²) >= 11 is 0. The number of carbonyl (C=O) groups excluding carboxylic acids is 2. The second-order valence-electron chi connectivity index (χ2n) is 8.11. The quantitative estimate of drug-likeness (QED) is 0.519. The van der Waals surface area contributed by atoms with Crippen molar-refractivity contribution in [3.05, 3.63) is 0 Å². The summed E-state index contributed by atoms with van der Waals surface area (Å²) in [6.07, 6.45) is 4.51. The molecule has 27 heavy (non-hydrogen) atoms. The second kappa shape index (κ2) is 13.1. The van der Waals surface area contributed by atoms with E-state index < -0.39 is 5.60 Å². The number of hydrogen-bond acceptors (Lipinski definition) is 6. The minimum absolute atomic E-state index is 0.231. The normalized spacial score (nSPS) is 15.8. The van der Waals surface area contributed by atoms with Crippen LogP contribution in [0.4, 0.5) is 4.79 Å². The minimum atomic E-state index is -0.457. The van der Waals surface area contributed by atoms with Crippen molar-refractivity contribution in [1.29, 1.82) is 0 Å². The maximum Gasteiger partial charge on any atom is 0.410 e. The highest BCUT2D eigenvalue weighted by Gasteiger charge is 2.26. The number of nitrogens with two attached hydrogens (primary N) is 1. The van der Waals surface area contributed by atoms with Crippen LogP contribution in [0.25, 0.3) is 0 Å². The highest BCUT2D eigenvalue weighted by Crippen LogP contribution is 2.23. The van der Waals surface area contributed by atoms with E-state index in [1.165, 1.54) is 0 Å². The molecule has 0 bridgehead atoms. The lowest BCUT2D eigenvalue weighted by molar-refractivity contribution is -0.119. The molecule has 0 aromatic heterocycles. The first kappa shape index (κ1) is 23.9. The molecule has 158 valence electrons. The zero-order valence-corrected chi connectivity index (χ0v) is 17.3. The van der Waals surface area contributed by atoms with Crippen LogP contribution in [0.2, 0.25) is 0 Å². The maximum absolute atomic E-state index is 12.1. The Hall–Kier alpha value is -1.18. The van der Waals surface area contributed by atoms with Gasteiger partial charge in [-0.1, -0.05) is 0 Å². The van der Waals surface area contributed by atoms with Gasteiger partial charge in [0.1, 0.15) is 11.4 Å². The molecular formula is C20H38N2O5. The third kappa shape index (κ3) is 12.0. The molecule has 1 saturated heterocycles. The summed E-state index contributed by atoms with van der Waals surface area (Å²) in [4.78, 5) is 25.8. The molecule has 0 atom stereocenters. The van der Waals surface area contributed by atoms with E-state index in [1.54, 1.807) is 4.90 Å². The van der Waals surface area contributed by atoms with E-state index in [9.17, 15) is 9.59 Å². The summed E-state index contributed by atoms with van der Waals surface area (Å²) in [6, 6.07) is 0. The SMILES string of the molecule is CC(C)(C)OC(=O)N1CCC(CCC(=O)CCCOCCOCCN)CC1. The van der Waals surface area contributed by atoms with Gasteiger partial charge in [-0.15, -0.1) is 0 Å². The number of Topliss-reactive ketones (excluding diaryl/α,β-unsaturated/α-hetero) is 1. The van der Waals surface area contributed by atoms with Crippen LogP contribution in [0.15, 0.2) is 0 Å². The van der Waals surface area contributed by atoms with Crippen molar-refractivity contribution >= 4 is 11.9 Å². The van der Waals surface area contributed by atoms with Gasteiger partial charge in [0.25, 0.3) is 0 Å². The fourth-order valence-corrected chi connectivity index (χ4v) is 3.00. The van der Waals surface area contributed by atoms with Gasteiger partial charge in [-0.3, -0.25) is 4.79 Å². The van der Waals surface area contributed by atoms with Gasteiger partial charge in [0.15, 0.2) is 0 Å². The Labute approximate surface area is 163 Å². The fraction of sp³-hybridized carbons (Fsp3) is 0.900. The van der Waals surface area contributed by atoms with Crippen LogP contribution >= 0.6 is 0 Å². The summed E-state index contributed by atoms with van der Waals surface area (Å²) in [7, 11) is 0. The molecule has 1 aliphatic rings. The Morgan fingerprint density at radius 3 is 2.22 bits per heavy atom. The average molecular weight is 387 g/mol. The van der Waals surface area contributed by atoms with E-state index in [0.717, 1.165) is 25.7 Å². The van der Waals surface area contributed by atoms with Gasteiger partial charge in [-0.05, 0) is 52.4 Å². The van der Waals surface area contributed by atoms with E-state index in [-0.39, 0.29) is 6.09 Å². The molecule has 0 saturated carbocycles. The second-order valence-corrected chi connectivity index (χ2v) is 8.11. The molecular weight excluding hydrogens is 348 g/mol. The molecule has 1 aliphatic heterocycles.